The minimum atomic E-state index is -0.558. The topological polar surface area (TPSA) is 20.2 Å². The number of benzene rings is 2. The molecule has 2 aromatic rings. The van der Waals surface area contributed by atoms with Gasteiger partial charge in [-0.05, 0) is 53.3 Å². The minimum absolute atomic E-state index is 0.454. The van der Waals surface area contributed by atoms with E-state index in [1.54, 1.807) is 0 Å². The van der Waals surface area contributed by atoms with Crippen LogP contribution in [0.15, 0.2) is 40.9 Å². The van der Waals surface area contributed by atoms with Crippen LogP contribution in [0.25, 0.3) is 10.8 Å². The standard InChI is InChI=1S/C16H17BrO/c1-2-3-14-10-16(14,18)13-6-4-12-9-15(17)7-5-11(12)8-13/h4-9,14,18H,2-3,10H2,1H3. The van der Waals surface area contributed by atoms with E-state index in [0.29, 0.717) is 5.92 Å². The summed E-state index contributed by atoms with van der Waals surface area (Å²) in [5.41, 5.74) is 0.521. The Kier molecular flexibility index (Phi) is 2.95. The molecule has 18 heavy (non-hydrogen) atoms. The summed E-state index contributed by atoms with van der Waals surface area (Å²) in [6.07, 6.45) is 3.19. The maximum atomic E-state index is 10.6. The lowest BCUT2D eigenvalue weighted by molar-refractivity contribution is 0.129. The van der Waals surface area contributed by atoms with Crippen molar-refractivity contribution >= 4 is 26.7 Å². The zero-order valence-corrected chi connectivity index (χ0v) is 12.1. The molecule has 3 rings (SSSR count). The molecule has 2 aromatic carbocycles. The van der Waals surface area contributed by atoms with Gasteiger partial charge < -0.3 is 5.11 Å². The Balaban J connectivity index is 1.97. The SMILES string of the molecule is CCCC1CC1(O)c1ccc2cc(Br)ccc2c1. The predicted octanol–water partition coefficient (Wildman–Crippen LogP) is 4.61. The third-order valence-electron chi connectivity index (χ3n) is 4.01. The smallest absolute Gasteiger partial charge is 0.0929 e. The van der Waals surface area contributed by atoms with Gasteiger partial charge >= 0.3 is 0 Å². The number of aliphatic hydroxyl groups is 1. The first-order valence-corrected chi connectivity index (χ1v) is 7.35. The molecule has 0 aliphatic heterocycles. The van der Waals surface area contributed by atoms with E-state index in [9.17, 15) is 5.11 Å². The molecule has 1 aliphatic carbocycles. The van der Waals surface area contributed by atoms with Crippen LogP contribution in [-0.2, 0) is 5.60 Å². The Morgan fingerprint density at radius 2 is 1.94 bits per heavy atom. The number of halogens is 1. The summed E-state index contributed by atoms with van der Waals surface area (Å²) < 4.78 is 1.09. The van der Waals surface area contributed by atoms with E-state index in [1.807, 2.05) is 6.07 Å². The van der Waals surface area contributed by atoms with Crippen LogP contribution in [-0.4, -0.2) is 5.11 Å². The van der Waals surface area contributed by atoms with Crippen LogP contribution in [0, 0.1) is 5.92 Å². The van der Waals surface area contributed by atoms with Crippen molar-refractivity contribution < 1.29 is 5.11 Å². The van der Waals surface area contributed by atoms with Crippen LogP contribution in [0.1, 0.15) is 31.7 Å². The molecule has 0 spiro atoms. The fraction of sp³-hybridized carbons (Fsp3) is 0.375. The first-order valence-electron chi connectivity index (χ1n) is 6.55. The molecular formula is C16H17BrO. The molecule has 1 nitrogen and oxygen atoms in total. The summed E-state index contributed by atoms with van der Waals surface area (Å²) in [5.74, 6) is 0.454. The molecule has 1 fully saturated rings. The summed E-state index contributed by atoms with van der Waals surface area (Å²) in [7, 11) is 0. The molecule has 2 heteroatoms. The predicted molar refractivity (Wildman–Crippen MR) is 78.6 cm³/mol. The van der Waals surface area contributed by atoms with E-state index in [-0.39, 0.29) is 0 Å². The Hall–Kier alpha value is -0.860. The normalized spacial score (nSPS) is 26.5. The van der Waals surface area contributed by atoms with Crippen molar-refractivity contribution in [2.45, 2.75) is 31.8 Å². The summed E-state index contributed by atoms with van der Waals surface area (Å²) in [5, 5.41) is 13.0. The van der Waals surface area contributed by atoms with Crippen molar-refractivity contribution in [1.82, 2.24) is 0 Å². The summed E-state index contributed by atoms with van der Waals surface area (Å²) >= 11 is 3.48. The Bertz CT molecular complexity index is 593. The third-order valence-corrected chi connectivity index (χ3v) is 4.51. The average molecular weight is 305 g/mol. The van der Waals surface area contributed by atoms with Crippen molar-refractivity contribution in [3.05, 3.63) is 46.4 Å². The van der Waals surface area contributed by atoms with E-state index < -0.39 is 5.60 Å². The highest BCUT2D eigenvalue weighted by atomic mass is 79.9. The fourth-order valence-electron chi connectivity index (χ4n) is 2.85. The largest absolute Gasteiger partial charge is 0.385 e. The Morgan fingerprint density at radius 1 is 1.22 bits per heavy atom. The lowest BCUT2D eigenvalue weighted by atomic mass is 10.00. The molecular weight excluding hydrogens is 288 g/mol. The number of rotatable bonds is 3. The molecule has 1 N–H and O–H groups in total. The zero-order valence-electron chi connectivity index (χ0n) is 10.5. The van der Waals surface area contributed by atoms with E-state index in [4.69, 9.17) is 0 Å². The maximum absolute atomic E-state index is 10.6. The molecule has 0 saturated heterocycles. The molecule has 0 amide bonds. The Morgan fingerprint density at radius 3 is 2.72 bits per heavy atom. The van der Waals surface area contributed by atoms with Crippen LogP contribution >= 0.6 is 15.9 Å². The van der Waals surface area contributed by atoms with Crippen molar-refractivity contribution in [3.63, 3.8) is 0 Å². The number of hydrogen-bond acceptors (Lipinski definition) is 1. The molecule has 0 heterocycles. The van der Waals surface area contributed by atoms with Gasteiger partial charge in [-0.2, -0.15) is 0 Å². The van der Waals surface area contributed by atoms with Gasteiger partial charge in [0.2, 0.25) is 0 Å². The van der Waals surface area contributed by atoms with Gasteiger partial charge in [0.05, 0.1) is 5.60 Å². The quantitative estimate of drug-likeness (QED) is 0.878. The first kappa shape index (κ1) is 12.2. The molecule has 2 unspecified atom stereocenters. The van der Waals surface area contributed by atoms with Crippen LogP contribution in [0.3, 0.4) is 0 Å². The van der Waals surface area contributed by atoms with Crippen molar-refractivity contribution in [3.8, 4) is 0 Å². The number of hydrogen-bond donors (Lipinski definition) is 1. The monoisotopic (exact) mass is 304 g/mol. The minimum Gasteiger partial charge on any atom is -0.385 e. The van der Waals surface area contributed by atoms with Gasteiger partial charge in [0, 0.05) is 4.47 Å². The van der Waals surface area contributed by atoms with Gasteiger partial charge in [0.15, 0.2) is 0 Å². The highest BCUT2D eigenvalue weighted by Gasteiger charge is 2.53. The highest BCUT2D eigenvalue weighted by Crippen LogP contribution is 2.54. The third kappa shape index (κ3) is 1.98. The molecule has 94 valence electrons. The second kappa shape index (κ2) is 4.36. The molecule has 0 bridgehead atoms. The van der Waals surface area contributed by atoms with E-state index in [0.717, 1.165) is 29.3 Å². The van der Waals surface area contributed by atoms with Crippen molar-refractivity contribution in [1.29, 1.82) is 0 Å². The van der Waals surface area contributed by atoms with Gasteiger partial charge in [-0.25, -0.2) is 0 Å². The van der Waals surface area contributed by atoms with Crippen LogP contribution < -0.4 is 0 Å². The summed E-state index contributed by atoms with van der Waals surface area (Å²) in [4.78, 5) is 0. The van der Waals surface area contributed by atoms with Crippen molar-refractivity contribution in [2.24, 2.45) is 5.92 Å². The van der Waals surface area contributed by atoms with E-state index in [2.05, 4.69) is 53.2 Å². The van der Waals surface area contributed by atoms with Gasteiger partial charge in [-0.1, -0.05) is 47.5 Å². The number of fused-ring (bicyclic) bond motifs is 1. The fourth-order valence-corrected chi connectivity index (χ4v) is 3.22. The first-order chi connectivity index (χ1) is 8.63. The second-order valence-electron chi connectivity index (χ2n) is 5.32. The van der Waals surface area contributed by atoms with Gasteiger partial charge in [0.1, 0.15) is 0 Å². The molecule has 0 radical (unpaired) electrons. The second-order valence-corrected chi connectivity index (χ2v) is 6.24. The molecule has 0 aromatic heterocycles. The maximum Gasteiger partial charge on any atom is 0.0929 e. The lowest BCUT2D eigenvalue weighted by Gasteiger charge is -2.12. The molecule has 1 aliphatic rings. The van der Waals surface area contributed by atoms with Gasteiger partial charge in [0.25, 0.3) is 0 Å². The van der Waals surface area contributed by atoms with Gasteiger partial charge in [-0.15, -0.1) is 0 Å². The van der Waals surface area contributed by atoms with Crippen LogP contribution in [0.2, 0.25) is 0 Å². The summed E-state index contributed by atoms with van der Waals surface area (Å²) in [6, 6.07) is 12.6. The van der Waals surface area contributed by atoms with Gasteiger partial charge in [-0.3, -0.25) is 0 Å². The average Bonchev–Trinajstić information content (AvgIpc) is 3.01. The van der Waals surface area contributed by atoms with E-state index in [1.165, 1.54) is 10.8 Å². The Labute approximate surface area is 116 Å². The zero-order chi connectivity index (χ0) is 12.8. The lowest BCUT2D eigenvalue weighted by Crippen LogP contribution is -2.08. The molecule has 1 saturated carbocycles. The highest BCUT2D eigenvalue weighted by molar-refractivity contribution is 9.10. The van der Waals surface area contributed by atoms with Crippen molar-refractivity contribution in [2.75, 3.05) is 0 Å². The summed E-state index contributed by atoms with van der Waals surface area (Å²) in [6.45, 7) is 2.18. The molecule has 2 atom stereocenters. The van der Waals surface area contributed by atoms with Crippen LogP contribution in [0.5, 0.6) is 0 Å². The van der Waals surface area contributed by atoms with Crippen LogP contribution in [0.4, 0.5) is 0 Å². The van der Waals surface area contributed by atoms with E-state index >= 15 is 0 Å².